The number of fused-ring (bicyclic) bond motifs is 6. The fourth-order valence-electron chi connectivity index (χ4n) is 13.7. The number of aryl methyl sites for hydroxylation is 5. The summed E-state index contributed by atoms with van der Waals surface area (Å²) < 4.78 is 8.32. The van der Waals surface area contributed by atoms with Crippen LogP contribution in [0.4, 0.5) is 0 Å². The molecule has 11 heterocycles. The molecule has 0 fully saturated rings. The molecule has 22 heteroatoms. The van der Waals surface area contributed by atoms with E-state index in [2.05, 4.69) is 110 Å². The number of benzene rings is 6. The molecule has 0 aliphatic rings. The summed E-state index contributed by atoms with van der Waals surface area (Å²) in [4.78, 5) is 68.4. The van der Waals surface area contributed by atoms with Crippen molar-refractivity contribution in [3.63, 3.8) is 0 Å². The quantitative estimate of drug-likeness (QED) is 0.0962. The van der Waals surface area contributed by atoms with Gasteiger partial charge in [0, 0.05) is 113 Å². The second-order valence-electron chi connectivity index (χ2n) is 26.8. The van der Waals surface area contributed by atoms with Crippen LogP contribution in [-0.2, 0) is 14.1 Å². The van der Waals surface area contributed by atoms with E-state index in [1.54, 1.807) is 84.5 Å². The maximum Gasteiger partial charge on any atom is 0.257 e. The summed E-state index contributed by atoms with van der Waals surface area (Å²) >= 11 is 0. The van der Waals surface area contributed by atoms with E-state index >= 15 is 0 Å². The Bertz CT molecular complexity index is 6400. The van der Waals surface area contributed by atoms with Gasteiger partial charge in [0.25, 0.3) is 17.7 Å². The van der Waals surface area contributed by atoms with E-state index in [1.807, 2.05) is 227 Å². The Balaban J connectivity index is 0.000000133. The zero-order valence-corrected chi connectivity index (χ0v) is 62.7. The normalized spacial score (nSPS) is 11.8. The van der Waals surface area contributed by atoms with Crippen molar-refractivity contribution in [2.75, 3.05) is 0 Å². The Kier molecular flexibility index (Phi) is 20.6. The van der Waals surface area contributed by atoms with Crippen LogP contribution in [-0.4, -0.2) is 96.0 Å². The van der Waals surface area contributed by atoms with Crippen molar-refractivity contribution in [1.82, 2.24) is 94.3 Å². The van der Waals surface area contributed by atoms with Crippen molar-refractivity contribution in [3.05, 3.63) is 323 Å². The van der Waals surface area contributed by atoms with Crippen LogP contribution in [0.3, 0.4) is 0 Å². The standard InChI is InChI=1S/2C31H25N7O.C28H23N5O/c1-20-28(30-32-16-8-17-38(30)35-20)31(39)33-21(2)29-26(22-9-5-4-6-10-22)19-25-23(11-7-12-27(25)34-29)13-14-24-15-18-37(3)36-24;1-20-28(30-32-15-8-16-38(30)36-20)31(39)34-21(2)29-26(23-9-5-4-6-10-23)17-25-24(11-7-12-27(25)35-29)14-13-22-18-33-37(3)19-22;1-4-10-20-13-8-14-24-22(20)17-23(21-11-6-5-7-12-21)26(31-24)19(3)30-28(34)25-18(2)32-33-16-9-15-29-27(25)33/h4-12,15-19,21H,1-3H3,(H,33,39);4-12,15-19,21H,1-3H3,(H,34,39);5-9,11-17,19H,1-3H3,(H,30,34). The highest BCUT2D eigenvalue weighted by atomic mass is 16.2. The number of amides is 3. The highest BCUT2D eigenvalue weighted by Gasteiger charge is 2.28. The average Bonchev–Trinajstić information content (AvgIpc) is 1.25. The Morgan fingerprint density at radius 2 is 0.759 bits per heavy atom. The Morgan fingerprint density at radius 3 is 1.10 bits per heavy atom. The number of pyridine rings is 3. The van der Waals surface area contributed by atoms with Gasteiger partial charge < -0.3 is 16.0 Å². The number of carbonyl (C=O) groups is 3. The van der Waals surface area contributed by atoms with E-state index in [4.69, 9.17) is 15.0 Å². The minimum atomic E-state index is -0.390. The number of carbonyl (C=O) groups excluding carboxylic acids is 3. The third-order valence-electron chi connectivity index (χ3n) is 18.9. The van der Waals surface area contributed by atoms with E-state index in [0.717, 1.165) is 105 Å². The van der Waals surface area contributed by atoms with Gasteiger partial charge in [-0.05, 0) is 150 Å². The molecule has 0 saturated heterocycles. The molecule has 0 aliphatic carbocycles. The Labute approximate surface area is 644 Å². The lowest BCUT2D eigenvalue weighted by Gasteiger charge is -2.19. The lowest BCUT2D eigenvalue weighted by atomic mass is 9.96. The minimum Gasteiger partial charge on any atom is -0.344 e. The molecule has 0 radical (unpaired) electrons. The summed E-state index contributed by atoms with van der Waals surface area (Å²) in [5.74, 6) is 18.3. The largest absolute Gasteiger partial charge is 0.344 e. The van der Waals surface area contributed by atoms with Crippen LogP contribution >= 0.6 is 0 Å². The molecule has 3 unspecified atom stereocenters. The SMILES string of the molecule is CC#Cc1cccc2nc(C(C)NC(=O)c3c(C)nn4cccnc34)c(-c3ccccc3)cc12.Cc1nn2cccnc2c1C(=O)NC(C)c1nc2cccc(C#Cc3ccn(C)n3)c2cc1-c1ccccc1.Cc1nn2cccnc2c1C(=O)NC(C)c1nc2cccc(C#Cc3cnn(C)c3)c2cc1-c1ccccc1. The number of aromatic nitrogens is 16. The number of hydrogen-bond donors (Lipinski definition) is 3. The van der Waals surface area contributed by atoms with Crippen LogP contribution in [0.15, 0.2) is 244 Å². The fourth-order valence-corrected chi connectivity index (χ4v) is 13.7. The minimum absolute atomic E-state index is 0.231. The monoisotopic (exact) mass is 1470 g/mol. The van der Waals surface area contributed by atoms with Crippen molar-refractivity contribution in [2.45, 2.75) is 66.6 Å². The van der Waals surface area contributed by atoms with Gasteiger partial charge in [-0.1, -0.05) is 133 Å². The maximum absolute atomic E-state index is 13.5. The van der Waals surface area contributed by atoms with Crippen LogP contribution < -0.4 is 16.0 Å². The first kappa shape index (κ1) is 72.5. The van der Waals surface area contributed by atoms with Gasteiger partial charge in [-0.15, -0.1) is 5.92 Å². The van der Waals surface area contributed by atoms with Gasteiger partial charge in [-0.25, -0.2) is 43.5 Å². The third kappa shape index (κ3) is 15.2. The zero-order valence-electron chi connectivity index (χ0n) is 62.7. The average molecular weight is 1470 g/mol. The molecule has 0 bridgehead atoms. The second-order valence-corrected chi connectivity index (χ2v) is 26.8. The molecular formula is C90H73N19O3. The number of nitrogens with one attached hydrogen (secondary N) is 3. The van der Waals surface area contributed by atoms with Gasteiger partial charge >= 0.3 is 0 Å². The topological polar surface area (TPSA) is 252 Å². The van der Waals surface area contributed by atoms with Crippen molar-refractivity contribution >= 4 is 67.4 Å². The highest BCUT2D eigenvalue weighted by molar-refractivity contribution is 6.03. The third-order valence-corrected chi connectivity index (χ3v) is 18.9. The molecule has 11 aromatic heterocycles. The fraction of sp³-hybridized carbons (Fsp3) is 0.133. The van der Waals surface area contributed by atoms with E-state index in [-0.39, 0.29) is 29.8 Å². The smallest absolute Gasteiger partial charge is 0.257 e. The molecule has 17 aromatic rings. The first-order valence-corrected chi connectivity index (χ1v) is 36.3. The summed E-state index contributed by atoms with van der Waals surface area (Å²) in [5, 5.41) is 34.1. The highest BCUT2D eigenvalue weighted by Crippen LogP contribution is 2.36. The van der Waals surface area contributed by atoms with E-state index in [0.29, 0.717) is 56.4 Å². The zero-order chi connectivity index (χ0) is 77.5. The van der Waals surface area contributed by atoms with Gasteiger partial charge in [0.1, 0.15) is 22.4 Å². The lowest BCUT2D eigenvalue weighted by Crippen LogP contribution is -2.28. The first-order valence-electron chi connectivity index (χ1n) is 36.3. The van der Waals surface area contributed by atoms with Crippen LogP contribution in [0.25, 0.3) is 83.0 Å². The predicted molar refractivity (Wildman–Crippen MR) is 433 cm³/mol. The molecule has 546 valence electrons. The van der Waals surface area contributed by atoms with Crippen LogP contribution in [0.1, 0.15) is 139 Å². The Hall–Kier alpha value is -15.1. The van der Waals surface area contributed by atoms with Gasteiger partial charge in [-0.3, -0.25) is 23.7 Å². The number of rotatable bonds is 12. The second kappa shape index (κ2) is 31.8. The van der Waals surface area contributed by atoms with E-state index in [9.17, 15) is 14.4 Å². The molecular weight excluding hydrogens is 1400 g/mol. The van der Waals surface area contributed by atoms with Crippen molar-refractivity contribution in [2.24, 2.45) is 14.1 Å². The summed E-state index contributed by atoms with van der Waals surface area (Å²) in [7, 11) is 3.74. The molecule has 3 amide bonds. The lowest BCUT2D eigenvalue weighted by molar-refractivity contribution is 0.0931. The summed E-state index contributed by atoms with van der Waals surface area (Å²) in [6, 6.07) is 60.4. The van der Waals surface area contributed by atoms with Crippen LogP contribution in [0.5, 0.6) is 0 Å². The molecule has 22 nitrogen and oxygen atoms in total. The molecule has 3 N–H and O–H groups in total. The maximum atomic E-state index is 13.5. The summed E-state index contributed by atoms with van der Waals surface area (Å²) in [6.45, 7) is 13.1. The summed E-state index contributed by atoms with van der Waals surface area (Å²) in [5.41, 5.74) is 19.6. The van der Waals surface area contributed by atoms with Gasteiger partial charge in [0.15, 0.2) is 16.9 Å². The van der Waals surface area contributed by atoms with Gasteiger partial charge in [0.2, 0.25) is 0 Å². The first-order chi connectivity index (χ1) is 54.5. The van der Waals surface area contributed by atoms with Crippen molar-refractivity contribution in [1.29, 1.82) is 0 Å². The van der Waals surface area contributed by atoms with Crippen molar-refractivity contribution < 1.29 is 14.4 Å². The number of hydrogen-bond acceptors (Lipinski definition) is 14. The molecule has 17 rings (SSSR count). The number of nitrogens with zero attached hydrogens (tertiary/aromatic N) is 16. The summed E-state index contributed by atoms with van der Waals surface area (Å²) in [6.07, 6.45) is 15.8. The molecule has 112 heavy (non-hydrogen) atoms. The van der Waals surface area contributed by atoms with E-state index < -0.39 is 6.04 Å². The molecule has 3 atom stereocenters. The van der Waals surface area contributed by atoms with Gasteiger partial charge in [-0.2, -0.15) is 25.5 Å². The molecule has 0 aliphatic heterocycles. The van der Waals surface area contributed by atoms with Gasteiger partial charge in [0.05, 0.1) is 80.6 Å². The van der Waals surface area contributed by atoms with E-state index in [1.165, 1.54) is 0 Å². The molecule has 0 spiro atoms. The van der Waals surface area contributed by atoms with Crippen molar-refractivity contribution in [3.8, 4) is 68.9 Å². The molecule has 0 saturated carbocycles. The predicted octanol–water partition coefficient (Wildman–Crippen LogP) is 14.9. The Morgan fingerprint density at radius 1 is 0.393 bits per heavy atom. The molecule has 6 aromatic carbocycles. The van der Waals surface area contributed by atoms with Crippen LogP contribution in [0.2, 0.25) is 0 Å². The van der Waals surface area contributed by atoms with Crippen LogP contribution in [0, 0.1) is 56.3 Å².